The first-order valence-electron chi connectivity index (χ1n) is 5.47. The predicted octanol–water partition coefficient (Wildman–Crippen LogP) is 2.21. The minimum atomic E-state index is 0.112. The first-order valence-corrected chi connectivity index (χ1v) is 5.47. The average Bonchev–Trinajstić information content (AvgIpc) is 2.23. The normalized spacial score (nSPS) is 12.4. The minimum Gasteiger partial charge on any atom is -0.496 e. The van der Waals surface area contributed by atoms with Crippen LogP contribution in [0.5, 0.6) is 11.5 Å². The fraction of sp³-hybridized carbons (Fsp3) is 0.538. The van der Waals surface area contributed by atoms with E-state index < -0.39 is 0 Å². The van der Waals surface area contributed by atoms with Gasteiger partial charge in [0.1, 0.15) is 11.5 Å². The van der Waals surface area contributed by atoms with Crippen molar-refractivity contribution in [1.82, 2.24) is 0 Å². The van der Waals surface area contributed by atoms with Gasteiger partial charge in [-0.25, -0.2) is 0 Å². The maximum Gasteiger partial charge on any atom is 0.125 e. The van der Waals surface area contributed by atoms with Crippen LogP contribution in [0.1, 0.15) is 23.6 Å². The topological polar surface area (TPSA) is 44.5 Å². The Balaban J connectivity index is 3.29. The van der Waals surface area contributed by atoms with Crippen LogP contribution in [0.25, 0.3) is 0 Å². The highest BCUT2D eigenvalue weighted by Crippen LogP contribution is 2.33. The largest absolute Gasteiger partial charge is 0.496 e. The van der Waals surface area contributed by atoms with Crippen molar-refractivity contribution in [1.29, 1.82) is 0 Å². The Bertz CT molecular complexity index is 373. The number of rotatable bonds is 4. The maximum absolute atomic E-state index is 5.83. The van der Waals surface area contributed by atoms with E-state index in [1.165, 1.54) is 0 Å². The molecule has 0 spiro atoms. The van der Waals surface area contributed by atoms with Gasteiger partial charge in [-0.05, 0) is 49.9 Å². The molecule has 0 aliphatic heterocycles. The Morgan fingerprint density at radius 2 is 1.81 bits per heavy atom. The van der Waals surface area contributed by atoms with E-state index in [1.54, 1.807) is 14.2 Å². The number of hydrogen-bond donors (Lipinski definition) is 1. The van der Waals surface area contributed by atoms with Crippen molar-refractivity contribution >= 4 is 0 Å². The van der Waals surface area contributed by atoms with Crippen molar-refractivity contribution in [2.45, 2.75) is 33.2 Å². The van der Waals surface area contributed by atoms with E-state index in [-0.39, 0.29) is 6.04 Å². The molecule has 0 aliphatic rings. The zero-order valence-corrected chi connectivity index (χ0v) is 10.8. The van der Waals surface area contributed by atoms with Crippen molar-refractivity contribution < 1.29 is 9.47 Å². The molecule has 1 aromatic rings. The van der Waals surface area contributed by atoms with E-state index in [0.717, 1.165) is 34.6 Å². The van der Waals surface area contributed by atoms with Crippen LogP contribution in [0.2, 0.25) is 0 Å². The maximum atomic E-state index is 5.83. The number of ether oxygens (including phenoxy) is 2. The molecule has 90 valence electrons. The molecule has 16 heavy (non-hydrogen) atoms. The molecule has 0 aromatic heterocycles. The highest BCUT2D eigenvalue weighted by Gasteiger charge is 2.14. The van der Waals surface area contributed by atoms with Crippen molar-refractivity contribution in [3.8, 4) is 11.5 Å². The summed E-state index contributed by atoms with van der Waals surface area (Å²) in [5, 5.41) is 0. The van der Waals surface area contributed by atoms with Crippen molar-refractivity contribution in [2.24, 2.45) is 5.73 Å². The van der Waals surface area contributed by atoms with Gasteiger partial charge in [0.05, 0.1) is 14.2 Å². The molecule has 0 amide bonds. The van der Waals surface area contributed by atoms with Crippen LogP contribution >= 0.6 is 0 Å². The third-order valence-electron chi connectivity index (χ3n) is 2.84. The molecule has 0 heterocycles. The summed E-state index contributed by atoms with van der Waals surface area (Å²) >= 11 is 0. The van der Waals surface area contributed by atoms with Gasteiger partial charge in [-0.3, -0.25) is 0 Å². The highest BCUT2D eigenvalue weighted by atomic mass is 16.5. The van der Waals surface area contributed by atoms with Gasteiger partial charge in [0.25, 0.3) is 0 Å². The Hall–Kier alpha value is -1.22. The molecular formula is C13H21NO2. The van der Waals surface area contributed by atoms with Crippen LogP contribution in [0.3, 0.4) is 0 Å². The van der Waals surface area contributed by atoms with Gasteiger partial charge in [-0.15, -0.1) is 0 Å². The predicted molar refractivity (Wildman–Crippen MR) is 66.4 cm³/mol. The van der Waals surface area contributed by atoms with Gasteiger partial charge in [-0.1, -0.05) is 0 Å². The van der Waals surface area contributed by atoms with Crippen LogP contribution in [-0.2, 0) is 6.42 Å². The molecule has 3 heteroatoms. The summed E-state index contributed by atoms with van der Waals surface area (Å²) < 4.78 is 10.8. The lowest BCUT2D eigenvalue weighted by molar-refractivity contribution is 0.392. The lowest BCUT2D eigenvalue weighted by Crippen LogP contribution is -2.18. The molecule has 1 atom stereocenters. The summed E-state index contributed by atoms with van der Waals surface area (Å²) in [6.07, 6.45) is 0.792. The van der Waals surface area contributed by atoms with Gasteiger partial charge in [0.15, 0.2) is 0 Å². The van der Waals surface area contributed by atoms with Crippen molar-refractivity contribution in [3.63, 3.8) is 0 Å². The van der Waals surface area contributed by atoms with Gasteiger partial charge in [0.2, 0.25) is 0 Å². The van der Waals surface area contributed by atoms with Crippen LogP contribution < -0.4 is 15.2 Å². The smallest absolute Gasteiger partial charge is 0.125 e. The molecule has 3 nitrogen and oxygen atoms in total. The third kappa shape index (κ3) is 2.47. The quantitative estimate of drug-likeness (QED) is 0.852. The van der Waals surface area contributed by atoms with E-state index in [4.69, 9.17) is 15.2 Å². The van der Waals surface area contributed by atoms with Gasteiger partial charge in [-0.2, -0.15) is 0 Å². The number of nitrogens with two attached hydrogens (primary N) is 1. The molecular weight excluding hydrogens is 203 g/mol. The van der Waals surface area contributed by atoms with Gasteiger partial charge >= 0.3 is 0 Å². The van der Waals surface area contributed by atoms with E-state index >= 15 is 0 Å². The second-order valence-electron chi connectivity index (χ2n) is 4.20. The number of benzene rings is 1. The molecule has 0 aliphatic carbocycles. The molecule has 0 saturated heterocycles. The second kappa shape index (κ2) is 5.21. The van der Waals surface area contributed by atoms with Crippen LogP contribution in [0, 0.1) is 13.8 Å². The standard InChI is InChI=1S/C13H21NO2/c1-8(14)6-11-7-12(15-4)9(2)10(3)13(11)16-5/h7-8H,6,14H2,1-5H3/i7+1. The summed E-state index contributed by atoms with van der Waals surface area (Å²) in [4.78, 5) is 0. The SMILES string of the molecule is COc1[13cH]c(CC(C)N)c(OC)c(C)c1C. The summed E-state index contributed by atoms with van der Waals surface area (Å²) in [6.45, 7) is 6.06. The summed E-state index contributed by atoms with van der Waals surface area (Å²) in [5.41, 5.74) is 9.18. The molecule has 0 bridgehead atoms. The molecule has 0 saturated carbocycles. The Kier molecular flexibility index (Phi) is 4.19. The fourth-order valence-electron chi connectivity index (χ4n) is 1.92. The van der Waals surface area contributed by atoms with Crippen LogP contribution in [-0.4, -0.2) is 20.3 Å². The van der Waals surface area contributed by atoms with Crippen LogP contribution in [0.4, 0.5) is 0 Å². The monoisotopic (exact) mass is 224 g/mol. The van der Waals surface area contributed by atoms with E-state index in [0.29, 0.717) is 0 Å². The van der Waals surface area contributed by atoms with Gasteiger partial charge in [0, 0.05) is 6.04 Å². The van der Waals surface area contributed by atoms with E-state index in [9.17, 15) is 0 Å². The lowest BCUT2D eigenvalue weighted by Gasteiger charge is -2.17. The Labute approximate surface area is 97.6 Å². The number of hydrogen-bond acceptors (Lipinski definition) is 3. The Morgan fingerprint density at radius 1 is 1.19 bits per heavy atom. The summed E-state index contributed by atoms with van der Waals surface area (Å²) in [7, 11) is 3.38. The van der Waals surface area contributed by atoms with Crippen LogP contribution in [0.15, 0.2) is 6.07 Å². The molecule has 0 fully saturated rings. The first-order chi connectivity index (χ1) is 7.51. The fourth-order valence-corrected chi connectivity index (χ4v) is 1.92. The molecule has 1 rings (SSSR count). The van der Waals surface area contributed by atoms with E-state index in [2.05, 4.69) is 0 Å². The zero-order valence-electron chi connectivity index (χ0n) is 10.8. The Morgan fingerprint density at radius 3 is 2.25 bits per heavy atom. The van der Waals surface area contributed by atoms with Gasteiger partial charge < -0.3 is 15.2 Å². The summed E-state index contributed by atoms with van der Waals surface area (Å²) in [5.74, 6) is 1.82. The molecule has 2 N–H and O–H groups in total. The molecule has 0 radical (unpaired) electrons. The molecule has 1 aromatic carbocycles. The first kappa shape index (κ1) is 12.8. The zero-order chi connectivity index (χ0) is 12.3. The molecule has 1 unspecified atom stereocenters. The van der Waals surface area contributed by atoms with Crippen molar-refractivity contribution in [3.05, 3.63) is 22.8 Å². The number of methoxy groups -OCH3 is 2. The van der Waals surface area contributed by atoms with E-state index in [1.807, 2.05) is 26.8 Å². The van der Waals surface area contributed by atoms with Crippen molar-refractivity contribution in [2.75, 3.05) is 14.2 Å². The summed E-state index contributed by atoms with van der Waals surface area (Å²) in [6, 6.07) is 2.13. The second-order valence-corrected chi connectivity index (χ2v) is 4.20. The lowest BCUT2D eigenvalue weighted by atomic mass is 10.0. The average molecular weight is 224 g/mol. The highest BCUT2D eigenvalue weighted by molar-refractivity contribution is 5.52. The third-order valence-corrected chi connectivity index (χ3v) is 2.84. The minimum absolute atomic E-state index is 0.112.